The lowest BCUT2D eigenvalue weighted by Crippen LogP contribution is -2.36. The fourth-order valence-electron chi connectivity index (χ4n) is 1.06. The zero-order valence-corrected chi connectivity index (χ0v) is 10.4. The van der Waals surface area contributed by atoms with Crippen molar-refractivity contribution >= 4 is 10.0 Å². The van der Waals surface area contributed by atoms with Crippen molar-refractivity contribution < 1.29 is 12.8 Å². The summed E-state index contributed by atoms with van der Waals surface area (Å²) in [5.41, 5.74) is 0. The topological polar surface area (TPSA) is 46.2 Å². The third-order valence-electron chi connectivity index (χ3n) is 2.46. The summed E-state index contributed by atoms with van der Waals surface area (Å²) < 4.78 is 38.8. The van der Waals surface area contributed by atoms with Gasteiger partial charge in [-0.05, 0) is 37.1 Å². The lowest BCUT2D eigenvalue weighted by molar-refractivity contribution is 0.476. The molecule has 0 aliphatic carbocycles. The van der Waals surface area contributed by atoms with Gasteiger partial charge in [-0.3, -0.25) is 0 Å². The van der Waals surface area contributed by atoms with Crippen LogP contribution in [0.25, 0.3) is 0 Å². The maximum absolute atomic E-state index is 12.7. The van der Waals surface area contributed by atoms with Crippen LogP contribution in [0.2, 0.25) is 0 Å². The molecule has 0 radical (unpaired) electrons. The molecule has 0 aliphatic rings. The van der Waals surface area contributed by atoms with Crippen LogP contribution < -0.4 is 4.72 Å². The SMILES string of the molecule is CC(C)[C@H](C)NS(=O)(=O)c1ccc(F)cc1. The van der Waals surface area contributed by atoms with E-state index in [9.17, 15) is 12.8 Å². The van der Waals surface area contributed by atoms with E-state index in [1.807, 2.05) is 13.8 Å². The van der Waals surface area contributed by atoms with Crippen molar-refractivity contribution in [3.05, 3.63) is 30.1 Å². The van der Waals surface area contributed by atoms with Gasteiger partial charge in [0.2, 0.25) is 10.0 Å². The summed E-state index contributed by atoms with van der Waals surface area (Å²) in [6.45, 7) is 5.65. The van der Waals surface area contributed by atoms with Crippen LogP contribution in [0, 0.1) is 11.7 Å². The average molecular weight is 245 g/mol. The van der Waals surface area contributed by atoms with E-state index in [4.69, 9.17) is 0 Å². The molecule has 1 rings (SSSR count). The fourth-order valence-corrected chi connectivity index (χ4v) is 2.45. The normalized spacial score (nSPS) is 14.1. The van der Waals surface area contributed by atoms with Gasteiger partial charge < -0.3 is 0 Å². The van der Waals surface area contributed by atoms with Gasteiger partial charge >= 0.3 is 0 Å². The molecule has 0 aliphatic heterocycles. The van der Waals surface area contributed by atoms with Crippen molar-refractivity contribution in [3.8, 4) is 0 Å². The van der Waals surface area contributed by atoms with Crippen LogP contribution >= 0.6 is 0 Å². The summed E-state index contributed by atoms with van der Waals surface area (Å²) in [5.74, 6) is -0.244. The number of nitrogens with one attached hydrogen (secondary N) is 1. The van der Waals surface area contributed by atoms with Gasteiger partial charge in [-0.25, -0.2) is 17.5 Å². The fraction of sp³-hybridized carbons (Fsp3) is 0.455. The zero-order valence-electron chi connectivity index (χ0n) is 9.57. The summed E-state index contributed by atoms with van der Waals surface area (Å²) in [5, 5.41) is 0. The van der Waals surface area contributed by atoms with Crippen molar-refractivity contribution in [3.63, 3.8) is 0 Å². The molecule has 0 aromatic heterocycles. The van der Waals surface area contributed by atoms with E-state index in [-0.39, 0.29) is 16.9 Å². The third-order valence-corrected chi connectivity index (χ3v) is 4.04. The molecule has 0 amide bonds. The summed E-state index contributed by atoms with van der Waals surface area (Å²) in [6, 6.07) is 4.62. The van der Waals surface area contributed by atoms with E-state index in [2.05, 4.69) is 4.72 Å². The second-order valence-electron chi connectivity index (χ2n) is 4.11. The predicted molar refractivity (Wildman–Crippen MR) is 61.0 cm³/mol. The quantitative estimate of drug-likeness (QED) is 0.883. The molecule has 90 valence electrons. The highest BCUT2D eigenvalue weighted by atomic mass is 32.2. The maximum atomic E-state index is 12.7. The molecular formula is C11H16FNO2S. The van der Waals surface area contributed by atoms with Crippen LogP contribution in [0.1, 0.15) is 20.8 Å². The molecule has 0 unspecified atom stereocenters. The minimum absolute atomic E-state index is 0.0846. The Morgan fingerprint density at radius 3 is 2.06 bits per heavy atom. The first-order valence-electron chi connectivity index (χ1n) is 5.11. The van der Waals surface area contributed by atoms with Crippen molar-refractivity contribution in [1.82, 2.24) is 4.72 Å². The summed E-state index contributed by atoms with van der Waals surface area (Å²) in [4.78, 5) is 0.0846. The highest BCUT2D eigenvalue weighted by Gasteiger charge is 2.18. The van der Waals surface area contributed by atoms with E-state index in [0.717, 1.165) is 12.1 Å². The Labute approximate surface area is 95.7 Å². The van der Waals surface area contributed by atoms with Crippen LogP contribution in [0.5, 0.6) is 0 Å². The van der Waals surface area contributed by atoms with Crippen molar-refractivity contribution in [2.75, 3.05) is 0 Å². The van der Waals surface area contributed by atoms with E-state index < -0.39 is 15.8 Å². The summed E-state index contributed by atoms with van der Waals surface area (Å²) >= 11 is 0. The Bertz CT molecular complexity index is 440. The van der Waals surface area contributed by atoms with Crippen LogP contribution in [0.4, 0.5) is 4.39 Å². The van der Waals surface area contributed by atoms with E-state index >= 15 is 0 Å². The second kappa shape index (κ2) is 4.93. The Kier molecular flexibility index (Phi) is 4.04. The van der Waals surface area contributed by atoms with Gasteiger partial charge in [-0.2, -0.15) is 0 Å². The first-order chi connectivity index (χ1) is 7.33. The Morgan fingerprint density at radius 1 is 1.12 bits per heavy atom. The van der Waals surface area contributed by atoms with Gasteiger partial charge in [0.05, 0.1) is 4.90 Å². The standard InChI is InChI=1S/C11H16FNO2S/c1-8(2)9(3)13-16(14,15)11-6-4-10(12)5-7-11/h4-9,13H,1-3H3/t9-/m0/s1. The Morgan fingerprint density at radius 2 is 1.62 bits per heavy atom. The smallest absolute Gasteiger partial charge is 0.208 e. The monoisotopic (exact) mass is 245 g/mol. The molecule has 1 atom stereocenters. The highest BCUT2D eigenvalue weighted by Crippen LogP contribution is 2.12. The number of sulfonamides is 1. The van der Waals surface area contributed by atoms with Crippen molar-refractivity contribution in [2.24, 2.45) is 5.92 Å². The molecule has 1 aromatic rings. The van der Waals surface area contributed by atoms with Gasteiger partial charge in [0.1, 0.15) is 5.82 Å². The van der Waals surface area contributed by atoms with Crippen LogP contribution in [0.3, 0.4) is 0 Å². The molecule has 5 heteroatoms. The third kappa shape index (κ3) is 3.28. The Hall–Kier alpha value is -0.940. The molecule has 0 saturated heterocycles. The number of benzene rings is 1. The molecule has 1 N–H and O–H groups in total. The number of halogens is 1. The molecule has 0 fully saturated rings. The Balaban J connectivity index is 2.90. The van der Waals surface area contributed by atoms with Crippen LogP contribution in [-0.2, 0) is 10.0 Å². The van der Waals surface area contributed by atoms with Gasteiger partial charge in [0, 0.05) is 6.04 Å². The average Bonchev–Trinajstić information content (AvgIpc) is 2.17. The molecule has 0 saturated carbocycles. The minimum atomic E-state index is -3.54. The molecule has 0 bridgehead atoms. The lowest BCUT2D eigenvalue weighted by atomic mass is 10.1. The highest BCUT2D eigenvalue weighted by molar-refractivity contribution is 7.89. The first kappa shape index (κ1) is 13.1. The first-order valence-corrected chi connectivity index (χ1v) is 6.59. The van der Waals surface area contributed by atoms with Gasteiger partial charge in [0.15, 0.2) is 0 Å². The van der Waals surface area contributed by atoms with Crippen LogP contribution in [-0.4, -0.2) is 14.5 Å². The van der Waals surface area contributed by atoms with Crippen LogP contribution in [0.15, 0.2) is 29.2 Å². The molecule has 0 heterocycles. The lowest BCUT2D eigenvalue weighted by Gasteiger charge is -2.17. The number of hydrogen-bond acceptors (Lipinski definition) is 2. The van der Waals surface area contributed by atoms with E-state index in [0.29, 0.717) is 0 Å². The van der Waals surface area contributed by atoms with Crippen molar-refractivity contribution in [1.29, 1.82) is 0 Å². The molecule has 16 heavy (non-hydrogen) atoms. The van der Waals surface area contributed by atoms with Gasteiger partial charge in [-0.15, -0.1) is 0 Å². The largest absolute Gasteiger partial charge is 0.240 e. The molecule has 0 spiro atoms. The maximum Gasteiger partial charge on any atom is 0.240 e. The molecule has 1 aromatic carbocycles. The van der Waals surface area contributed by atoms with Crippen molar-refractivity contribution in [2.45, 2.75) is 31.7 Å². The molecule has 3 nitrogen and oxygen atoms in total. The van der Waals surface area contributed by atoms with E-state index in [1.54, 1.807) is 6.92 Å². The number of rotatable bonds is 4. The minimum Gasteiger partial charge on any atom is -0.208 e. The van der Waals surface area contributed by atoms with E-state index in [1.165, 1.54) is 12.1 Å². The zero-order chi connectivity index (χ0) is 12.3. The van der Waals surface area contributed by atoms with Gasteiger partial charge in [0.25, 0.3) is 0 Å². The molecular weight excluding hydrogens is 229 g/mol. The number of hydrogen-bond donors (Lipinski definition) is 1. The summed E-state index contributed by atoms with van der Waals surface area (Å²) in [7, 11) is -3.54. The van der Waals surface area contributed by atoms with Gasteiger partial charge in [-0.1, -0.05) is 13.8 Å². The summed E-state index contributed by atoms with van der Waals surface area (Å²) in [6.07, 6.45) is 0. The second-order valence-corrected chi connectivity index (χ2v) is 5.82. The predicted octanol–water partition coefficient (Wildman–Crippen LogP) is 2.15.